The minimum atomic E-state index is -0.174. The van der Waals surface area contributed by atoms with Gasteiger partial charge in [-0.2, -0.15) is 0 Å². The zero-order valence-corrected chi connectivity index (χ0v) is 18.8. The Morgan fingerprint density at radius 1 is 1.00 bits per heavy atom. The van der Waals surface area contributed by atoms with E-state index in [-0.39, 0.29) is 12.0 Å². The van der Waals surface area contributed by atoms with E-state index in [1.165, 1.54) is 19.0 Å². The van der Waals surface area contributed by atoms with Crippen LogP contribution in [0, 0.1) is 0 Å². The van der Waals surface area contributed by atoms with Gasteiger partial charge in [0.25, 0.3) is 5.91 Å². The number of ether oxygens (including phenoxy) is 2. The van der Waals surface area contributed by atoms with Gasteiger partial charge >= 0.3 is 0 Å². The van der Waals surface area contributed by atoms with Gasteiger partial charge in [-0.25, -0.2) is 4.98 Å². The number of nitrogens with zero attached hydrogens (tertiary/aromatic N) is 2. The number of amides is 1. The quantitative estimate of drug-likeness (QED) is 0.568. The number of aromatic nitrogens is 1. The van der Waals surface area contributed by atoms with Crippen molar-refractivity contribution in [2.24, 2.45) is 0 Å². The van der Waals surface area contributed by atoms with Crippen molar-refractivity contribution in [2.75, 3.05) is 7.05 Å². The van der Waals surface area contributed by atoms with Crippen LogP contribution in [-0.2, 0) is 6.54 Å². The number of para-hydroxylation sites is 1. The van der Waals surface area contributed by atoms with Crippen LogP contribution >= 0.6 is 0 Å². The lowest BCUT2D eigenvalue weighted by Crippen LogP contribution is -2.43. The summed E-state index contributed by atoms with van der Waals surface area (Å²) in [7, 11) is 2.24. The number of piperidine rings is 1. The molecule has 2 aromatic carbocycles. The fourth-order valence-electron chi connectivity index (χ4n) is 4.85. The molecule has 2 aliphatic rings. The molecule has 0 aliphatic carbocycles. The fourth-order valence-corrected chi connectivity index (χ4v) is 4.85. The Kier molecular flexibility index (Phi) is 6.26. The van der Waals surface area contributed by atoms with Crippen LogP contribution in [0.5, 0.6) is 17.4 Å². The number of nitrogens with one attached hydrogen (secondary N) is 1. The molecule has 2 bridgehead atoms. The molecule has 2 aliphatic heterocycles. The molecule has 6 nitrogen and oxygen atoms in total. The fraction of sp³-hybridized carbons (Fsp3) is 0.333. The summed E-state index contributed by atoms with van der Waals surface area (Å²) < 4.78 is 12.0. The monoisotopic (exact) mass is 443 g/mol. The van der Waals surface area contributed by atoms with Crippen molar-refractivity contribution in [2.45, 2.75) is 50.4 Å². The molecule has 1 N–H and O–H groups in total. The first-order chi connectivity index (χ1) is 16.1. The van der Waals surface area contributed by atoms with E-state index < -0.39 is 0 Å². The van der Waals surface area contributed by atoms with E-state index in [2.05, 4.69) is 22.2 Å². The summed E-state index contributed by atoms with van der Waals surface area (Å²) >= 11 is 0. The molecule has 1 amide bonds. The molecule has 5 rings (SSSR count). The molecule has 0 saturated carbocycles. The highest BCUT2D eigenvalue weighted by atomic mass is 16.5. The first kappa shape index (κ1) is 21.5. The summed E-state index contributed by atoms with van der Waals surface area (Å²) in [4.78, 5) is 19.3. The normalized spacial score (nSPS) is 22.0. The molecule has 33 heavy (non-hydrogen) atoms. The third kappa shape index (κ3) is 5.17. The average Bonchev–Trinajstić information content (AvgIpc) is 3.04. The predicted molar refractivity (Wildman–Crippen MR) is 127 cm³/mol. The summed E-state index contributed by atoms with van der Waals surface area (Å²) in [5.74, 6) is 1.86. The van der Waals surface area contributed by atoms with Crippen LogP contribution in [0.25, 0.3) is 0 Å². The minimum Gasteiger partial charge on any atom is -0.490 e. The van der Waals surface area contributed by atoms with Crippen molar-refractivity contribution in [3.63, 3.8) is 0 Å². The Balaban J connectivity index is 1.14. The topological polar surface area (TPSA) is 63.7 Å². The van der Waals surface area contributed by atoms with Gasteiger partial charge in [0.2, 0.25) is 5.88 Å². The van der Waals surface area contributed by atoms with E-state index in [1.807, 2.05) is 54.6 Å². The SMILES string of the molecule is CN1[C@H]2CC[C@H]1CC(Oc1cccc(CNC(=O)c3ccc(Oc4ccccc4)nc3)c1)C2. The summed E-state index contributed by atoms with van der Waals surface area (Å²) in [6.45, 7) is 0.428. The van der Waals surface area contributed by atoms with Crippen LogP contribution in [0.3, 0.4) is 0 Å². The maximum absolute atomic E-state index is 12.6. The van der Waals surface area contributed by atoms with E-state index in [9.17, 15) is 4.79 Å². The predicted octanol–water partition coefficient (Wildman–Crippen LogP) is 4.81. The van der Waals surface area contributed by atoms with Gasteiger partial charge in [-0.05, 0) is 68.6 Å². The zero-order valence-electron chi connectivity index (χ0n) is 18.8. The Morgan fingerprint density at radius 3 is 2.48 bits per heavy atom. The average molecular weight is 444 g/mol. The highest BCUT2D eigenvalue weighted by molar-refractivity contribution is 5.93. The van der Waals surface area contributed by atoms with Gasteiger partial charge in [0.15, 0.2) is 0 Å². The lowest BCUT2D eigenvalue weighted by Gasteiger charge is -2.36. The van der Waals surface area contributed by atoms with E-state index in [0.717, 1.165) is 24.2 Å². The lowest BCUT2D eigenvalue weighted by molar-refractivity contribution is 0.0661. The first-order valence-electron chi connectivity index (χ1n) is 11.6. The van der Waals surface area contributed by atoms with Crippen molar-refractivity contribution < 1.29 is 14.3 Å². The van der Waals surface area contributed by atoms with Crippen molar-refractivity contribution in [3.8, 4) is 17.4 Å². The molecule has 0 spiro atoms. The Hall–Kier alpha value is -3.38. The Bertz CT molecular complexity index is 1070. The second-order valence-corrected chi connectivity index (χ2v) is 8.89. The largest absolute Gasteiger partial charge is 0.490 e. The number of rotatable bonds is 7. The van der Waals surface area contributed by atoms with Gasteiger partial charge in [-0.3, -0.25) is 4.79 Å². The summed E-state index contributed by atoms with van der Waals surface area (Å²) in [6, 6.07) is 22.2. The number of carbonyl (C=O) groups is 1. The van der Waals surface area contributed by atoms with Crippen molar-refractivity contribution in [1.82, 2.24) is 15.2 Å². The van der Waals surface area contributed by atoms with Gasteiger partial charge in [0, 0.05) is 30.9 Å². The molecule has 1 aromatic heterocycles. The molecular weight excluding hydrogens is 414 g/mol. The van der Waals surface area contributed by atoms with Crippen LogP contribution in [0.4, 0.5) is 0 Å². The molecular formula is C27H29N3O3. The van der Waals surface area contributed by atoms with E-state index >= 15 is 0 Å². The van der Waals surface area contributed by atoms with Crippen LogP contribution in [0.15, 0.2) is 72.9 Å². The van der Waals surface area contributed by atoms with Gasteiger partial charge in [-0.1, -0.05) is 30.3 Å². The van der Waals surface area contributed by atoms with Crippen LogP contribution in [-0.4, -0.2) is 41.0 Å². The zero-order chi connectivity index (χ0) is 22.6. The second-order valence-electron chi connectivity index (χ2n) is 8.89. The summed E-state index contributed by atoms with van der Waals surface area (Å²) in [5.41, 5.74) is 1.50. The lowest BCUT2D eigenvalue weighted by atomic mass is 10.0. The van der Waals surface area contributed by atoms with Crippen LogP contribution in [0.1, 0.15) is 41.6 Å². The maximum atomic E-state index is 12.6. The first-order valence-corrected chi connectivity index (χ1v) is 11.6. The number of carbonyl (C=O) groups excluding carboxylic acids is 1. The summed E-state index contributed by atoms with van der Waals surface area (Å²) in [5, 5.41) is 2.96. The highest BCUT2D eigenvalue weighted by Crippen LogP contribution is 2.36. The molecule has 3 aromatic rings. The number of fused-ring (bicyclic) bond motifs is 2. The van der Waals surface area contributed by atoms with Gasteiger partial charge in [0.05, 0.1) is 5.56 Å². The van der Waals surface area contributed by atoms with E-state index in [4.69, 9.17) is 9.47 Å². The van der Waals surface area contributed by atoms with Crippen molar-refractivity contribution in [1.29, 1.82) is 0 Å². The van der Waals surface area contributed by atoms with Crippen molar-refractivity contribution in [3.05, 3.63) is 84.1 Å². The number of hydrogen-bond donors (Lipinski definition) is 1. The standard InChI is InChI=1S/C27H29N3O3/c1-30-21-11-12-22(30)16-25(15-21)32-24-9-5-6-19(14-24)17-29-27(31)20-10-13-26(28-18-20)33-23-7-3-2-4-8-23/h2-10,13-14,18,21-22,25H,11-12,15-17H2,1H3,(H,29,31)/t21-,22-/m0/s1. The van der Waals surface area contributed by atoms with Crippen LogP contribution < -0.4 is 14.8 Å². The smallest absolute Gasteiger partial charge is 0.253 e. The molecule has 0 unspecified atom stereocenters. The number of benzene rings is 2. The van der Waals surface area contributed by atoms with Gasteiger partial charge < -0.3 is 19.7 Å². The summed E-state index contributed by atoms with van der Waals surface area (Å²) in [6.07, 6.45) is 6.53. The van der Waals surface area contributed by atoms with E-state index in [1.54, 1.807) is 12.1 Å². The maximum Gasteiger partial charge on any atom is 0.253 e. The molecule has 0 radical (unpaired) electrons. The molecule has 2 fully saturated rings. The molecule has 2 atom stereocenters. The molecule has 170 valence electrons. The minimum absolute atomic E-state index is 0.174. The van der Waals surface area contributed by atoms with Crippen LogP contribution in [0.2, 0.25) is 0 Å². The van der Waals surface area contributed by atoms with E-state index in [0.29, 0.717) is 35.8 Å². The second kappa shape index (κ2) is 9.63. The van der Waals surface area contributed by atoms with Gasteiger partial charge in [0.1, 0.15) is 17.6 Å². The molecule has 2 saturated heterocycles. The van der Waals surface area contributed by atoms with Crippen molar-refractivity contribution >= 4 is 5.91 Å². The third-order valence-corrected chi connectivity index (χ3v) is 6.67. The Labute approximate surface area is 194 Å². The number of pyridine rings is 1. The third-order valence-electron chi connectivity index (χ3n) is 6.67. The molecule has 6 heteroatoms. The Morgan fingerprint density at radius 2 is 1.76 bits per heavy atom. The molecule has 3 heterocycles. The van der Waals surface area contributed by atoms with Gasteiger partial charge in [-0.15, -0.1) is 0 Å². The number of hydrogen-bond acceptors (Lipinski definition) is 5. The highest BCUT2D eigenvalue weighted by Gasteiger charge is 2.39.